The number of benzene rings is 3. The van der Waals surface area contributed by atoms with Gasteiger partial charge in [-0.3, -0.25) is 0 Å². The number of nitrogens with zero attached hydrogens (tertiary/aromatic N) is 3. The van der Waals surface area contributed by atoms with E-state index >= 15 is 0 Å². The first-order valence-electron chi connectivity index (χ1n) is 8.89. The standard InChI is InChI=1S/C22H18N4.CH4S/c1-15-12-13-18(19(23)14-15)22-25-20(16-8-4-2-5-9-16)24-21(26-22)17-10-6-3-7-11-17;1-2/h2-14H,23H2,1H3;2H,1H3. The van der Waals surface area contributed by atoms with Gasteiger partial charge >= 0.3 is 0 Å². The van der Waals surface area contributed by atoms with Crippen LogP contribution in [-0.2, 0) is 0 Å². The van der Waals surface area contributed by atoms with Crippen molar-refractivity contribution in [3.8, 4) is 34.2 Å². The molecule has 1 aromatic heterocycles. The van der Waals surface area contributed by atoms with Gasteiger partial charge in [-0.05, 0) is 30.9 Å². The molecule has 140 valence electrons. The molecule has 5 heteroatoms. The maximum Gasteiger partial charge on any atom is 0.166 e. The summed E-state index contributed by atoms with van der Waals surface area (Å²) >= 11 is 3.53. The average Bonchev–Trinajstić information content (AvgIpc) is 2.76. The summed E-state index contributed by atoms with van der Waals surface area (Å²) in [5, 5.41) is 0. The van der Waals surface area contributed by atoms with Crippen LogP contribution in [0.5, 0.6) is 0 Å². The van der Waals surface area contributed by atoms with Gasteiger partial charge in [-0.15, -0.1) is 0 Å². The molecule has 3 aromatic carbocycles. The van der Waals surface area contributed by atoms with Crippen LogP contribution < -0.4 is 5.73 Å². The van der Waals surface area contributed by atoms with E-state index in [4.69, 9.17) is 5.73 Å². The molecule has 0 bridgehead atoms. The molecule has 0 unspecified atom stereocenters. The average molecular weight is 387 g/mol. The molecule has 0 aliphatic rings. The van der Waals surface area contributed by atoms with Crippen molar-refractivity contribution in [1.29, 1.82) is 0 Å². The van der Waals surface area contributed by atoms with E-state index in [1.54, 1.807) is 6.26 Å². The Kier molecular flexibility index (Phi) is 6.40. The Hall–Kier alpha value is -3.18. The molecule has 2 N–H and O–H groups in total. The highest BCUT2D eigenvalue weighted by atomic mass is 32.1. The Bertz CT molecular complexity index is 993. The molecule has 0 amide bonds. The lowest BCUT2D eigenvalue weighted by Gasteiger charge is -2.10. The molecule has 28 heavy (non-hydrogen) atoms. The van der Waals surface area contributed by atoms with Crippen LogP contribution in [0.25, 0.3) is 34.2 Å². The van der Waals surface area contributed by atoms with Crippen molar-refractivity contribution in [2.45, 2.75) is 6.92 Å². The van der Waals surface area contributed by atoms with Gasteiger partial charge < -0.3 is 5.73 Å². The first-order chi connectivity index (χ1) is 13.7. The van der Waals surface area contributed by atoms with E-state index in [9.17, 15) is 0 Å². The molecule has 0 fully saturated rings. The van der Waals surface area contributed by atoms with Gasteiger partial charge in [0.25, 0.3) is 0 Å². The predicted molar refractivity (Wildman–Crippen MR) is 120 cm³/mol. The maximum absolute atomic E-state index is 6.23. The third-order valence-corrected chi connectivity index (χ3v) is 4.15. The number of nitrogen functional groups attached to an aromatic ring is 1. The second-order valence-electron chi connectivity index (χ2n) is 6.13. The largest absolute Gasteiger partial charge is 0.398 e. The number of aryl methyl sites for hydroxylation is 1. The van der Waals surface area contributed by atoms with Crippen LogP contribution in [0.15, 0.2) is 78.9 Å². The smallest absolute Gasteiger partial charge is 0.166 e. The highest BCUT2D eigenvalue weighted by molar-refractivity contribution is 7.79. The van der Waals surface area contributed by atoms with Gasteiger partial charge in [0.2, 0.25) is 0 Å². The van der Waals surface area contributed by atoms with Crippen LogP contribution in [-0.4, -0.2) is 21.2 Å². The minimum absolute atomic E-state index is 0.579. The zero-order valence-corrected chi connectivity index (χ0v) is 16.8. The van der Waals surface area contributed by atoms with Gasteiger partial charge in [0, 0.05) is 22.4 Å². The van der Waals surface area contributed by atoms with Gasteiger partial charge in [-0.25, -0.2) is 15.0 Å². The Morgan fingerprint density at radius 2 is 1.11 bits per heavy atom. The van der Waals surface area contributed by atoms with E-state index in [0.29, 0.717) is 23.2 Å². The summed E-state index contributed by atoms with van der Waals surface area (Å²) in [6, 6.07) is 25.7. The second-order valence-corrected chi connectivity index (χ2v) is 6.13. The van der Waals surface area contributed by atoms with Crippen molar-refractivity contribution in [3.63, 3.8) is 0 Å². The molecule has 1 heterocycles. The third-order valence-electron chi connectivity index (χ3n) is 4.15. The zero-order chi connectivity index (χ0) is 19.9. The number of aromatic nitrogens is 3. The number of hydrogen-bond donors (Lipinski definition) is 2. The van der Waals surface area contributed by atoms with E-state index in [1.165, 1.54) is 0 Å². The van der Waals surface area contributed by atoms with Crippen molar-refractivity contribution < 1.29 is 0 Å². The monoisotopic (exact) mass is 386 g/mol. The number of hydrogen-bond acceptors (Lipinski definition) is 5. The van der Waals surface area contributed by atoms with Crippen LogP contribution in [0.3, 0.4) is 0 Å². The Morgan fingerprint density at radius 1 is 0.643 bits per heavy atom. The molecule has 0 aliphatic heterocycles. The van der Waals surface area contributed by atoms with Crippen molar-refractivity contribution >= 4 is 18.3 Å². The Balaban J connectivity index is 0.00000109. The molecule has 0 radical (unpaired) electrons. The fourth-order valence-electron chi connectivity index (χ4n) is 2.81. The summed E-state index contributed by atoms with van der Waals surface area (Å²) in [6.07, 6.45) is 1.69. The number of nitrogens with two attached hydrogens (primary N) is 1. The number of anilines is 1. The van der Waals surface area contributed by atoms with E-state index in [1.807, 2.05) is 85.8 Å². The maximum atomic E-state index is 6.23. The Morgan fingerprint density at radius 3 is 1.57 bits per heavy atom. The second kappa shape index (κ2) is 9.15. The summed E-state index contributed by atoms with van der Waals surface area (Å²) in [5.74, 6) is 1.85. The van der Waals surface area contributed by atoms with Gasteiger partial charge in [0.05, 0.1) is 0 Å². The summed E-state index contributed by atoms with van der Waals surface area (Å²) in [5.41, 5.74) is 10.7. The summed E-state index contributed by atoms with van der Waals surface area (Å²) < 4.78 is 0. The third kappa shape index (κ3) is 4.38. The van der Waals surface area contributed by atoms with Crippen LogP contribution >= 0.6 is 12.6 Å². The lowest BCUT2D eigenvalue weighted by molar-refractivity contribution is 1.07. The SMILES string of the molecule is CS.Cc1ccc(-c2nc(-c3ccccc3)nc(-c3ccccc3)n2)c(N)c1. The molecule has 0 saturated carbocycles. The summed E-state index contributed by atoms with van der Waals surface area (Å²) in [6.45, 7) is 2.01. The van der Waals surface area contributed by atoms with Crippen LogP contribution in [0.1, 0.15) is 5.56 Å². The minimum atomic E-state index is 0.579. The van der Waals surface area contributed by atoms with Crippen molar-refractivity contribution in [2.75, 3.05) is 12.0 Å². The lowest BCUT2D eigenvalue weighted by atomic mass is 10.1. The topological polar surface area (TPSA) is 64.7 Å². The molecule has 0 spiro atoms. The number of rotatable bonds is 3. The van der Waals surface area contributed by atoms with Gasteiger partial charge in [-0.1, -0.05) is 66.7 Å². The molecule has 0 atom stereocenters. The quantitative estimate of drug-likeness (QED) is 0.370. The molecular formula is C23H22N4S. The predicted octanol–water partition coefficient (Wildman–Crippen LogP) is 5.31. The molecular weight excluding hydrogens is 364 g/mol. The van der Waals surface area contributed by atoms with E-state index < -0.39 is 0 Å². The summed E-state index contributed by atoms with van der Waals surface area (Å²) in [7, 11) is 0. The van der Waals surface area contributed by atoms with Crippen LogP contribution in [0, 0.1) is 6.92 Å². The van der Waals surface area contributed by atoms with Crippen molar-refractivity contribution in [3.05, 3.63) is 84.4 Å². The van der Waals surface area contributed by atoms with Crippen LogP contribution in [0.2, 0.25) is 0 Å². The van der Waals surface area contributed by atoms with E-state index in [2.05, 4.69) is 27.6 Å². The minimum Gasteiger partial charge on any atom is -0.398 e. The van der Waals surface area contributed by atoms with Crippen molar-refractivity contribution in [1.82, 2.24) is 15.0 Å². The lowest BCUT2D eigenvalue weighted by Crippen LogP contribution is -2.02. The molecule has 4 nitrogen and oxygen atoms in total. The number of thiol groups is 1. The van der Waals surface area contributed by atoms with Crippen molar-refractivity contribution in [2.24, 2.45) is 0 Å². The first-order valence-corrected chi connectivity index (χ1v) is 9.78. The highest BCUT2D eigenvalue weighted by Crippen LogP contribution is 2.28. The molecule has 4 aromatic rings. The molecule has 0 aliphatic carbocycles. The van der Waals surface area contributed by atoms with Gasteiger partial charge in [0.1, 0.15) is 0 Å². The fourth-order valence-corrected chi connectivity index (χ4v) is 2.81. The van der Waals surface area contributed by atoms with E-state index in [0.717, 1.165) is 22.3 Å². The molecule has 0 saturated heterocycles. The zero-order valence-electron chi connectivity index (χ0n) is 15.9. The van der Waals surface area contributed by atoms with Gasteiger partial charge in [-0.2, -0.15) is 12.6 Å². The normalized spacial score (nSPS) is 10.1. The highest BCUT2D eigenvalue weighted by Gasteiger charge is 2.13. The Labute approximate surface area is 170 Å². The molecule has 4 rings (SSSR count). The first kappa shape index (κ1) is 19.6. The van der Waals surface area contributed by atoms with Crippen LogP contribution in [0.4, 0.5) is 5.69 Å². The van der Waals surface area contributed by atoms with Gasteiger partial charge in [0.15, 0.2) is 17.5 Å². The fraction of sp³-hybridized carbons (Fsp3) is 0.0870. The summed E-state index contributed by atoms with van der Waals surface area (Å²) in [4.78, 5) is 14.1. The van der Waals surface area contributed by atoms with E-state index in [-0.39, 0.29) is 0 Å².